The topological polar surface area (TPSA) is 55.8 Å². The molecule has 6 heteroatoms. The molecule has 2 aliphatic rings. The van der Waals surface area contributed by atoms with E-state index in [4.69, 9.17) is 9.47 Å². The lowest BCUT2D eigenvalue weighted by atomic mass is 9.67. The molecule has 0 aromatic heterocycles. The Kier molecular flexibility index (Phi) is 6.88. The van der Waals surface area contributed by atoms with Crippen LogP contribution in [0.1, 0.15) is 69.4 Å². The van der Waals surface area contributed by atoms with Crippen molar-refractivity contribution in [2.24, 2.45) is 11.8 Å². The minimum absolute atomic E-state index is 0.00105. The van der Waals surface area contributed by atoms with Gasteiger partial charge >= 0.3 is 5.97 Å². The fraction of sp³-hybridized carbons (Fsp3) is 0.536. The molecule has 2 aromatic rings. The first-order valence-electron chi connectivity index (χ1n) is 12.2. The first kappa shape index (κ1) is 24.5. The maximum absolute atomic E-state index is 15.4. The molecule has 0 amide bonds. The summed E-state index contributed by atoms with van der Waals surface area (Å²) in [7, 11) is 1.59. The van der Waals surface area contributed by atoms with Crippen LogP contribution in [0, 0.1) is 17.7 Å². The molecule has 2 atom stereocenters. The molecule has 2 aliphatic carbocycles. The molecule has 184 valence electrons. The first-order chi connectivity index (χ1) is 16.2. The van der Waals surface area contributed by atoms with Gasteiger partial charge in [0, 0.05) is 5.41 Å². The molecule has 0 spiro atoms. The van der Waals surface area contributed by atoms with Gasteiger partial charge in [-0.1, -0.05) is 19.1 Å². The van der Waals surface area contributed by atoms with Gasteiger partial charge in [0.15, 0.2) is 0 Å². The summed E-state index contributed by atoms with van der Waals surface area (Å²) in [4.78, 5) is 11.7. The maximum atomic E-state index is 15.4. The second kappa shape index (κ2) is 9.55. The number of halogens is 2. The number of hydrogen-bond donors (Lipinski definition) is 1. The Morgan fingerprint density at radius 1 is 1.03 bits per heavy atom. The number of alkyl halides is 1. The quantitative estimate of drug-likeness (QED) is 0.443. The third kappa shape index (κ3) is 4.64. The van der Waals surface area contributed by atoms with Gasteiger partial charge in [-0.25, -0.2) is 13.6 Å². The summed E-state index contributed by atoms with van der Waals surface area (Å²) in [5.74, 6) is 0.218. The predicted octanol–water partition coefficient (Wildman–Crippen LogP) is 6.67. The second-order valence-corrected chi connectivity index (χ2v) is 10.2. The van der Waals surface area contributed by atoms with Gasteiger partial charge in [0.1, 0.15) is 17.3 Å². The van der Waals surface area contributed by atoms with E-state index in [-0.39, 0.29) is 17.7 Å². The second-order valence-electron chi connectivity index (χ2n) is 10.2. The fourth-order valence-corrected chi connectivity index (χ4v) is 5.50. The minimum Gasteiger partial charge on any atom is -0.497 e. The summed E-state index contributed by atoms with van der Waals surface area (Å²) in [6, 6.07) is 12.2. The first-order valence-corrected chi connectivity index (χ1v) is 12.2. The lowest BCUT2D eigenvalue weighted by Crippen LogP contribution is -2.51. The van der Waals surface area contributed by atoms with Crippen molar-refractivity contribution in [3.63, 3.8) is 0 Å². The van der Waals surface area contributed by atoms with E-state index < -0.39 is 17.1 Å². The Bertz CT molecular complexity index is 1020. The van der Waals surface area contributed by atoms with E-state index in [9.17, 15) is 14.3 Å². The highest BCUT2D eigenvalue weighted by Gasteiger charge is 2.59. The lowest BCUT2D eigenvalue weighted by molar-refractivity contribution is -0.155. The van der Waals surface area contributed by atoms with Gasteiger partial charge in [-0.05, 0) is 105 Å². The van der Waals surface area contributed by atoms with Crippen molar-refractivity contribution in [1.82, 2.24) is 0 Å². The van der Waals surface area contributed by atoms with E-state index >= 15 is 4.39 Å². The number of benzene rings is 2. The van der Waals surface area contributed by atoms with Crippen LogP contribution in [0.25, 0.3) is 0 Å². The van der Waals surface area contributed by atoms with E-state index in [1.165, 1.54) is 13.0 Å². The van der Waals surface area contributed by atoms with Gasteiger partial charge in [-0.3, -0.25) is 0 Å². The van der Waals surface area contributed by atoms with Gasteiger partial charge in [0.2, 0.25) is 5.67 Å². The standard InChI is InChI=1S/C28H34F2O4/c1-27(20-11-12-20,28(2,30)26(31)32)21-5-4-6-23(15-21)34-17-18-7-9-19(10-8-18)24-16-22(33-3)13-14-25(24)29/h4-6,13-16,18-20H,7-12,17H2,1-3H3,(H,31,32)/t18-,19-,27?,28-/m0/s1. The zero-order valence-corrected chi connectivity index (χ0v) is 20.2. The highest BCUT2D eigenvalue weighted by molar-refractivity contribution is 5.80. The fourth-order valence-electron chi connectivity index (χ4n) is 5.50. The van der Waals surface area contributed by atoms with Crippen LogP contribution in [0.5, 0.6) is 11.5 Å². The Balaban J connectivity index is 1.39. The number of carboxylic acids is 1. The number of ether oxygens (including phenoxy) is 2. The molecule has 0 saturated heterocycles. The summed E-state index contributed by atoms with van der Waals surface area (Å²) in [5, 5.41) is 9.57. The van der Waals surface area contributed by atoms with Crippen molar-refractivity contribution in [2.45, 2.75) is 69.4 Å². The predicted molar refractivity (Wildman–Crippen MR) is 127 cm³/mol. The zero-order chi connectivity index (χ0) is 24.5. The molecule has 0 aliphatic heterocycles. The summed E-state index contributed by atoms with van der Waals surface area (Å²) in [5.41, 5.74) is -2.10. The van der Waals surface area contributed by atoms with Gasteiger partial charge < -0.3 is 14.6 Å². The van der Waals surface area contributed by atoms with Gasteiger partial charge in [-0.15, -0.1) is 0 Å². The third-order valence-electron chi connectivity index (χ3n) is 8.18. The van der Waals surface area contributed by atoms with Crippen molar-refractivity contribution in [3.8, 4) is 11.5 Å². The van der Waals surface area contributed by atoms with Crippen molar-refractivity contribution in [2.75, 3.05) is 13.7 Å². The molecular weight excluding hydrogens is 438 g/mol. The summed E-state index contributed by atoms with van der Waals surface area (Å²) in [6.07, 6.45) is 5.29. The molecule has 2 aromatic carbocycles. The Morgan fingerprint density at radius 2 is 1.74 bits per heavy atom. The Hall–Kier alpha value is -2.63. The average Bonchev–Trinajstić information content (AvgIpc) is 3.69. The van der Waals surface area contributed by atoms with Crippen LogP contribution < -0.4 is 9.47 Å². The molecule has 34 heavy (non-hydrogen) atoms. The lowest BCUT2D eigenvalue weighted by Gasteiger charge is -2.39. The number of aliphatic carboxylic acids is 1. The van der Waals surface area contributed by atoms with Crippen LogP contribution in [0.15, 0.2) is 42.5 Å². The molecule has 4 nitrogen and oxygen atoms in total. The van der Waals surface area contributed by atoms with E-state index in [0.29, 0.717) is 29.6 Å². The molecular formula is C28H34F2O4. The van der Waals surface area contributed by atoms with Crippen molar-refractivity contribution in [1.29, 1.82) is 0 Å². The minimum atomic E-state index is -2.37. The third-order valence-corrected chi connectivity index (χ3v) is 8.18. The zero-order valence-electron chi connectivity index (χ0n) is 20.2. The van der Waals surface area contributed by atoms with Crippen molar-refractivity contribution >= 4 is 5.97 Å². The van der Waals surface area contributed by atoms with Crippen LogP contribution in [0.3, 0.4) is 0 Å². The van der Waals surface area contributed by atoms with Crippen molar-refractivity contribution in [3.05, 3.63) is 59.4 Å². The summed E-state index contributed by atoms with van der Waals surface area (Å²) < 4.78 is 41.1. The van der Waals surface area contributed by atoms with Gasteiger partial charge in [0.05, 0.1) is 13.7 Å². The van der Waals surface area contributed by atoms with E-state index in [1.807, 2.05) is 12.1 Å². The molecule has 1 unspecified atom stereocenters. The van der Waals surface area contributed by atoms with E-state index in [1.54, 1.807) is 38.3 Å². The average molecular weight is 473 g/mol. The molecule has 0 bridgehead atoms. The normalized spacial score (nSPS) is 24.0. The molecule has 0 radical (unpaired) electrons. The number of rotatable bonds is 9. The van der Waals surface area contributed by atoms with Gasteiger partial charge in [0.25, 0.3) is 0 Å². The molecule has 0 heterocycles. The van der Waals surface area contributed by atoms with Crippen LogP contribution in [-0.4, -0.2) is 30.5 Å². The maximum Gasteiger partial charge on any atom is 0.342 e. The van der Waals surface area contributed by atoms with Crippen molar-refractivity contribution < 1.29 is 28.2 Å². The molecule has 1 N–H and O–H groups in total. The molecule has 4 rings (SSSR count). The smallest absolute Gasteiger partial charge is 0.342 e. The number of hydrogen-bond acceptors (Lipinski definition) is 3. The van der Waals surface area contributed by atoms with Crippen LogP contribution in [0.4, 0.5) is 8.78 Å². The van der Waals surface area contributed by atoms with E-state index in [0.717, 1.165) is 44.1 Å². The van der Waals surface area contributed by atoms with E-state index in [2.05, 4.69) is 0 Å². The largest absolute Gasteiger partial charge is 0.497 e. The monoisotopic (exact) mass is 472 g/mol. The van der Waals surface area contributed by atoms with Crippen LogP contribution in [0.2, 0.25) is 0 Å². The number of methoxy groups -OCH3 is 1. The summed E-state index contributed by atoms with van der Waals surface area (Å²) in [6.45, 7) is 3.42. The summed E-state index contributed by atoms with van der Waals surface area (Å²) >= 11 is 0. The highest BCUT2D eigenvalue weighted by atomic mass is 19.1. The highest BCUT2D eigenvalue weighted by Crippen LogP contribution is 2.55. The SMILES string of the molecule is COc1ccc(F)c([C@H]2CC[C@H](COc3cccc(C(C)(C4CC4)[C@@](C)(F)C(=O)O)c3)CC2)c1. The van der Waals surface area contributed by atoms with Crippen LogP contribution >= 0.6 is 0 Å². The van der Waals surface area contributed by atoms with Gasteiger partial charge in [-0.2, -0.15) is 0 Å². The Labute approximate surface area is 200 Å². The number of carboxylic acid groups (broad SMARTS) is 1. The molecule has 2 saturated carbocycles. The van der Waals surface area contributed by atoms with Crippen LogP contribution in [-0.2, 0) is 10.2 Å². The Morgan fingerprint density at radius 3 is 2.35 bits per heavy atom. The molecule has 2 fully saturated rings. The number of carbonyl (C=O) groups is 1.